The summed E-state index contributed by atoms with van der Waals surface area (Å²) in [6.45, 7) is 6.28. The number of esters is 3. The summed E-state index contributed by atoms with van der Waals surface area (Å²) < 4.78 is 24.6. The molecule has 4 atom stereocenters. The molecule has 3 rings (SSSR count). The average molecular weight is 547 g/mol. The van der Waals surface area contributed by atoms with E-state index in [1.807, 2.05) is 0 Å². The monoisotopic (exact) mass is 546 g/mol. The van der Waals surface area contributed by atoms with Gasteiger partial charge in [-0.05, 0) is 25.5 Å². The van der Waals surface area contributed by atoms with Crippen LogP contribution in [-0.2, 0) is 38.9 Å². The van der Waals surface area contributed by atoms with Crippen LogP contribution in [0.4, 0.5) is 5.82 Å². The Balaban J connectivity index is 1.65. The normalized spacial score (nSPS) is 22.6. The molecule has 0 aromatic carbocycles. The smallest absolute Gasteiger partial charge is 0.305 e. The number of carbonyl (C=O) groups is 3. The highest BCUT2D eigenvalue weighted by Crippen LogP contribution is 2.43. The number of anilines is 1. The molecule has 2 N–H and O–H groups in total. The minimum atomic E-state index is -1.30. The molecule has 2 aromatic rings. The first-order valence-electron chi connectivity index (χ1n) is 13.9. The lowest BCUT2D eigenvalue weighted by molar-refractivity contribution is -0.168. The summed E-state index contributed by atoms with van der Waals surface area (Å²) in [5, 5.41) is 4.28. The van der Waals surface area contributed by atoms with Crippen LogP contribution in [0.2, 0.25) is 0 Å². The Kier molecular flexibility index (Phi) is 11.1. The van der Waals surface area contributed by atoms with Crippen molar-refractivity contribution in [2.45, 2.75) is 116 Å². The highest BCUT2D eigenvalue weighted by atomic mass is 16.7. The van der Waals surface area contributed by atoms with Crippen LogP contribution in [-0.4, -0.2) is 57.4 Å². The van der Waals surface area contributed by atoms with Crippen molar-refractivity contribution in [3.8, 4) is 0 Å². The maximum Gasteiger partial charge on any atom is 0.305 e. The van der Waals surface area contributed by atoms with Crippen molar-refractivity contribution in [2.75, 3.05) is 12.3 Å². The van der Waals surface area contributed by atoms with E-state index in [-0.39, 0.29) is 18.4 Å². The second-order valence-corrected chi connectivity index (χ2v) is 10.3. The molecular formula is C28H42N4O7. The topological polar surface area (TPSA) is 144 Å². The number of nitrogens with zero attached hydrogens (tertiary/aromatic N) is 3. The molecule has 0 spiro atoms. The van der Waals surface area contributed by atoms with Gasteiger partial charge in [-0.15, -0.1) is 0 Å². The van der Waals surface area contributed by atoms with Gasteiger partial charge in [0.15, 0.2) is 18.0 Å². The van der Waals surface area contributed by atoms with E-state index in [0.717, 1.165) is 19.3 Å². The van der Waals surface area contributed by atoms with Gasteiger partial charge < -0.3 is 24.7 Å². The first kappa shape index (κ1) is 30.3. The number of fused-ring (bicyclic) bond motifs is 1. The van der Waals surface area contributed by atoms with E-state index in [2.05, 4.69) is 17.0 Å². The molecule has 2 aromatic heterocycles. The number of carbonyl (C=O) groups excluding carboxylic acids is 3. The lowest BCUT2D eigenvalue weighted by Gasteiger charge is -2.30. The molecule has 1 aliphatic heterocycles. The first-order valence-corrected chi connectivity index (χ1v) is 13.9. The Morgan fingerprint density at radius 3 is 2.28 bits per heavy atom. The quantitative estimate of drug-likeness (QED) is 0.195. The van der Waals surface area contributed by atoms with Crippen molar-refractivity contribution in [1.29, 1.82) is 0 Å². The van der Waals surface area contributed by atoms with Crippen molar-refractivity contribution >= 4 is 29.2 Å². The van der Waals surface area contributed by atoms with Crippen LogP contribution in [0.15, 0.2) is 18.5 Å². The Morgan fingerprint density at radius 1 is 1.00 bits per heavy atom. The molecule has 0 aliphatic carbocycles. The SMILES string of the molecule is CCCCCCCCCCCC(=O)OC[C@H]1O[C@@](C)(c2ccc3c(N)ncnn23)[C@H](OC(C)=O)[C@@H]1OC(C)=O. The molecule has 3 heterocycles. The first-order chi connectivity index (χ1) is 18.7. The van der Waals surface area contributed by atoms with E-state index in [0.29, 0.717) is 17.6 Å². The van der Waals surface area contributed by atoms with E-state index >= 15 is 0 Å². The van der Waals surface area contributed by atoms with Crippen LogP contribution in [0, 0.1) is 0 Å². The van der Waals surface area contributed by atoms with Crippen molar-refractivity contribution in [3.05, 3.63) is 24.2 Å². The zero-order valence-electron chi connectivity index (χ0n) is 23.5. The fourth-order valence-electron chi connectivity index (χ4n) is 5.14. The number of aromatic nitrogens is 3. The second kappa shape index (κ2) is 14.3. The number of hydrogen-bond acceptors (Lipinski definition) is 10. The van der Waals surface area contributed by atoms with Crippen LogP contribution in [0.5, 0.6) is 0 Å². The van der Waals surface area contributed by atoms with Gasteiger partial charge >= 0.3 is 17.9 Å². The van der Waals surface area contributed by atoms with Crippen molar-refractivity contribution in [3.63, 3.8) is 0 Å². The molecule has 1 saturated heterocycles. The molecule has 0 radical (unpaired) electrons. The maximum atomic E-state index is 12.5. The molecule has 0 saturated carbocycles. The number of unbranched alkanes of at least 4 members (excludes halogenated alkanes) is 8. The number of nitrogens with two attached hydrogens (primary N) is 1. The van der Waals surface area contributed by atoms with E-state index in [1.165, 1.54) is 58.7 Å². The highest BCUT2D eigenvalue weighted by Gasteiger charge is 2.59. The van der Waals surface area contributed by atoms with E-state index in [1.54, 1.807) is 23.6 Å². The minimum absolute atomic E-state index is 0.165. The molecule has 1 aliphatic rings. The number of rotatable bonds is 15. The van der Waals surface area contributed by atoms with Gasteiger partial charge in [0.2, 0.25) is 0 Å². The highest BCUT2D eigenvalue weighted by molar-refractivity contribution is 5.70. The standard InChI is InChI=1S/C28H42N4O7/c1-5-6-7-8-9-10-11-12-13-14-24(35)36-17-22-25(37-19(2)33)26(38-20(3)34)28(4,39-22)23-16-15-21-27(29)30-18-31-32(21)23/h15-16,18,22,25-26H,5-14,17H2,1-4H3,(H2,29,30,31)/t22-,25-,26-,28+/m1/s1. The molecule has 0 unspecified atom stereocenters. The Bertz CT molecular complexity index is 1120. The summed E-state index contributed by atoms with van der Waals surface area (Å²) in [4.78, 5) is 40.6. The Hall–Kier alpha value is -3.21. The van der Waals surface area contributed by atoms with Crippen LogP contribution < -0.4 is 5.73 Å². The summed E-state index contributed by atoms with van der Waals surface area (Å²) in [6.07, 6.45) is 9.01. The molecule has 0 amide bonds. The van der Waals surface area contributed by atoms with Gasteiger partial charge in [0.05, 0.1) is 5.69 Å². The summed E-state index contributed by atoms with van der Waals surface area (Å²) in [6, 6.07) is 3.46. The fourth-order valence-corrected chi connectivity index (χ4v) is 5.14. The number of hydrogen-bond donors (Lipinski definition) is 1. The van der Waals surface area contributed by atoms with Crippen LogP contribution in [0.1, 0.15) is 97.6 Å². The van der Waals surface area contributed by atoms with Crippen LogP contribution >= 0.6 is 0 Å². The molecule has 0 bridgehead atoms. The van der Waals surface area contributed by atoms with E-state index in [9.17, 15) is 14.4 Å². The lowest BCUT2D eigenvalue weighted by Crippen LogP contribution is -2.45. The lowest BCUT2D eigenvalue weighted by atomic mass is 9.92. The Labute approximate surface area is 229 Å². The maximum absolute atomic E-state index is 12.5. The van der Waals surface area contributed by atoms with Gasteiger partial charge in [0.25, 0.3) is 0 Å². The van der Waals surface area contributed by atoms with Crippen molar-refractivity contribution in [1.82, 2.24) is 14.6 Å². The molecule has 1 fully saturated rings. The van der Waals surface area contributed by atoms with Gasteiger partial charge in [-0.1, -0.05) is 58.3 Å². The molecule has 216 valence electrons. The van der Waals surface area contributed by atoms with Gasteiger partial charge in [-0.3, -0.25) is 14.4 Å². The van der Waals surface area contributed by atoms with Crippen LogP contribution in [0.3, 0.4) is 0 Å². The van der Waals surface area contributed by atoms with Gasteiger partial charge in [-0.2, -0.15) is 5.10 Å². The van der Waals surface area contributed by atoms with Crippen LogP contribution in [0.25, 0.3) is 5.52 Å². The third kappa shape index (κ3) is 7.90. The van der Waals surface area contributed by atoms with Gasteiger partial charge in [0, 0.05) is 20.3 Å². The third-order valence-corrected chi connectivity index (χ3v) is 7.08. The molecular weight excluding hydrogens is 504 g/mol. The predicted octanol–water partition coefficient (Wildman–Crippen LogP) is 4.25. The second-order valence-electron chi connectivity index (χ2n) is 10.3. The largest absolute Gasteiger partial charge is 0.463 e. The Morgan fingerprint density at radius 2 is 1.64 bits per heavy atom. The fraction of sp³-hybridized carbons (Fsp3) is 0.679. The summed E-state index contributed by atoms with van der Waals surface area (Å²) >= 11 is 0. The van der Waals surface area contributed by atoms with E-state index < -0.39 is 35.9 Å². The van der Waals surface area contributed by atoms with Crippen molar-refractivity contribution in [2.24, 2.45) is 0 Å². The summed E-state index contributed by atoms with van der Waals surface area (Å²) in [5.41, 5.74) is 5.75. The molecule has 11 heteroatoms. The van der Waals surface area contributed by atoms with E-state index in [4.69, 9.17) is 24.7 Å². The molecule has 11 nitrogen and oxygen atoms in total. The van der Waals surface area contributed by atoms with Gasteiger partial charge in [-0.25, -0.2) is 9.50 Å². The summed E-state index contributed by atoms with van der Waals surface area (Å²) in [7, 11) is 0. The molecule has 39 heavy (non-hydrogen) atoms. The average Bonchev–Trinajstić information content (AvgIpc) is 3.43. The van der Waals surface area contributed by atoms with Crippen molar-refractivity contribution < 1.29 is 33.3 Å². The zero-order valence-corrected chi connectivity index (χ0v) is 23.5. The third-order valence-electron chi connectivity index (χ3n) is 7.08. The van der Waals surface area contributed by atoms with Gasteiger partial charge in [0.1, 0.15) is 30.2 Å². The number of ether oxygens (including phenoxy) is 4. The zero-order chi connectivity index (χ0) is 28.4. The summed E-state index contributed by atoms with van der Waals surface area (Å²) in [5.74, 6) is -1.25. The minimum Gasteiger partial charge on any atom is -0.463 e. The predicted molar refractivity (Wildman–Crippen MR) is 144 cm³/mol. The number of nitrogen functional groups attached to an aromatic ring is 1.